The number of ether oxygens (including phenoxy) is 2. The molecule has 4 aromatic rings. The molecule has 35 heavy (non-hydrogen) atoms. The molecule has 0 fully saturated rings. The van der Waals surface area contributed by atoms with Gasteiger partial charge >= 0.3 is 0 Å². The minimum absolute atomic E-state index is 0.265. The Morgan fingerprint density at radius 2 is 1.77 bits per heavy atom. The molecule has 0 radical (unpaired) electrons. The van der Waals surface area contributed by atoms with Gasteiger partial charge in [0.2, 0.25) is 5.91 Å². The zero-order chi connectivity index (χ0) is 24.9. The largest absolute Gasteiger partial charge is 0.493 e. The SMILES string of the molecule is CCC(Sc1nc2ccccc2c(=O)n1-c1ccc(OC)c(OC)c1)C(=O)Nc1ccc(F)cc1. The topological polar surface area (TPSA) is 82.5 Å². The molecule has 180 valence electrons. The van der Waals surface area contributed by atoms with Crippen LogP contribution in [-0.2, 0) is 4.79 Å². The van der Waals surface area contributed by atoms with Gasteiger partial charge in [0.05, 0.1) is 36.1 Å². The minimum atomic E-state index is -0.556. The summed E-state index contributed by atoms with van der Waals surface area (Å²) in [6.07, 6.45) is 0.478. The number of rotatable bonds is 8. The first-order valence-electron chi connectivity index (χ1n) is 10.9. The van der Waals surface area contributed by atoms with Crippen molar-refractivity contribution in [2.75, 3.05) is 19.5 Å². The van der Waals surface area contributed by atoms with Crippen LogP contribution < -0.4 is 20.3 Å². The molecule has 1 atom stereocenters. The van der Waals surface area contributed by atoms with Gasteiger partial charge in [0, 0.05) is 11.8 Å². The fourth-order valence-electron chi connectivity index (χ4n) is 3.59. The van der Waals surface area contributed by atoms with Crippen molar-refractivity contribution in [2.45, 2.75) is 23.8 Å². The third-order valence-electron chi connectivity index (χ3n) is 5.39. The average molecular weight is 494 g/mol. The highest BCUT2D eigenvalue weighted by Crippen LogP contribution is 2.32. The summed E-state index contributed by atoms with van der Waals surface area (Å²) >= 11 is 1.19. The van der Waals surface area contributed by atoms with Gasteiger partial charge in [-0.1, -0.05) is 30.8 Å². The molecular formula is C26H24FN3O4S. The lowest BCUT2D eigenvalue weighted by atomic mass is 10.2. The van der Waals surface area contributed by atoms with E-state index in [1.807, 2.05) is 13.0 Å². The van der Waals surface area contributed by atoms with Crippen molar-refractivity contribution >= 4 is 34.3 Å². The highest BCUT2D eigenvalue weighted by Gasteiger charge is 2.23. The van der Waals surface area contributed by atoms with Crippen LogP contribution in [0.5, 0.6) is 11.5 Å². The Bertz CT molecular complexity index is 1420. The molecule has 7 nitrogen and oxygen atoms in total. The maximum atomic E-state index is 13.6. The number of aromatic nitrogens is 2. The van der Waals surface area contributed by atoms with Crippen molar-refractivity contribution in [1.29, 1.82) is 0 Å². The normalized spacial score (nSPS) is 11.8. The first kappa shape index (κ1) is 24.3. The number of carbonyl (C=O) groups is 1. The summed E-state index contributed by atoms with van der Waals surface area (Å²) in [5, 5.41) is 3.07. The van der Waals surface area contributed by atoms with Gasteiger partial charge in [-0.05, 0) is 55.0 Å². The van der Waals surface area contributed by atoms with Gasteiger partial charge in [0.1, 0.15) is 5.82 Å². The maximum Gasteiger partial charge on any atom is 0.266 e. The molecule has 0 bridgehead atoms. The molecule has 1 N–H and O–H groups in total. The van der Waals surface area contributed by atoms with Gasteiger partial charge in [-0.3, -0.25) is 14.2 Å². The molecule has 0 aliphatic rings. The van der Waals surface area contributed by atoms with Crippen molar-refractivity contribution in [3.8, 4) is 17.2 Å². The number of methoxy groups -OCH3 is 2. The summed E-state index contributed by atoms with van der Waals surface area (Å²) in [7, 11) is 3.06. The van der Waals surface area contributed by atoms with E-state index in [1.54, 1.807) is 36.4 Å². The van der Waals surface area contributed by atoms with Crippen LogP contribution in [-0.4, -0.2) is 34.9 Å². The van der Waals surface area contributed by atoms with E-state index in [0.29, 0.717) is 45.4 Å². The Kier molecular flexibility index (Phi) is 7.36. The van der Waals surface area contributed by atoms with Gasteiger partial charge in [-0.25, -0.2) is 9.37 Å². The lowest BCUT2D eigenvalue weighted by molar-refractivity contribution is -0.115. The predicted octanol–water partition coefficient (Wildman–Crippen LogP) is 5.05. The lowest BCUT2D eigenvalue weighted by Crippen LogP contribution is -2.27. The molecular weight excluding hydrogens is 469 g/mol. The summed E-state index contributed by atoms with van der Waals surface area (Å²) in [5.41, 5.74) is 1.28. The zero-order valence-electron chi connectivity index (χ0n) is 19.4. The molecule has 3 aromatic carbocycles. The number of benzene rings is 3. The number of carbonyl (C=O) groups excluding carboxylic acids is 1. The Morgan fingerprint density at radius 1 is 1.06 bits per heavy atom. The number of fused-ring (bicyclic) bond motifs is 1. The van der Waals surface area contributed by atoms with Crippen molar-refractivity contribution in [3.63, 3.8) is 0 Å². The molecule has 1 aromatic heterocycles. The van der Waals surface area contributed by atoms with Gasteiger partial charge < -0.3 is 14.8 Å². The number of amides is 1. The van der Waals surface area contributed by atoms with Crippen LogP contribution in [0.3, 0.4) is 0 Å². The third-order valence-corrected chi connectivity index (χ3v) is 6.71. The maximum absolute atomic E-state index is 13.6. The Morgan fingerprint density at radius 3 is 2.46 bits per heavy atom. The lowest BCUT2D eigenvalue weighted by Gasteiger charge is -2.19. The van der Waals surface area contributed by atoms with Crippen molar-refractivity contribution in [2.24, 2.45) is 0 Å². The quantitative estimate of drug-likeness (QED) is 0.273. The number of halogens is 1. The Hall–Kier alpha value is -3.85. The van der Waals surface area contributed by atoms with Crippen molar-refractivity contribution in [1.82, 2.24) is 9.55 Å². The first-order valence-corrected chi connectivity index (χ1v) is 11.8. The number of nitrogens with zero attached hydrogens (tertiary/aromatic N) is 2. The van der Waals surface area contributed by atoms with E-state index in [0.717, 1.165) is 0 Å². The van der Waals surface area contributed by atoms with Crippen LogP contribution in [0.15, 0.2) is 76.7 Å². The summed E-state index contributed by atoms with van der Waals surface area (Å²) in [6.45, 7) is 1.88. The summed E-state index contributed by atoms with van der Waals surface area (Å²) in [6, 6.07) is 17.8. The van der Waals surface area contributed by atoms with E-state index in [1.165, 1.54) is 54.8 Å². The number of hydrogen-bond donors (Lipinski definition) is 1. The van der Waals surface area contributed by atoms with Gasteiger partial charge in [-0.15, -0.1) is 0 Å². The molecule has 0 aliphatic heterocycles. The summed E-state index contributed by atoms with van der Waals surface area (Å²) in [4.78, 5) is 31.3. The molecule has 0 saturated carbocycles. The number of anilines is 1. The second kappa shape index (κ2) is 10.6. The van der Waals surface area contributed by atoms with E-state index in [9.17, 15) is 14.0 Å². The fraction of sp³-hybridized carbons (Fsp3) is 0.192. The fourth-order valence-corrected chi connectivity index (χ4v) is 4.62. The van der Waals surface area contributed by atoms with Crippen LogP contribution in [0.25, 0.3) is 16.6 Å². The monoisotopic (exact) mass is 493 g/mol. The molecule has 1 unspecified atom stereocenters. The standard InChI is InChI=1S/C26H24FN3O4S/c1-4-23(24(31)28-17-11-9-16(27)10-12-17)35-26-29-20-8-6-5-7-19(20)25(32)30(26)18-13-14-21(33-2)22(15-18)34-3/h5-15,23H,4H2,1-3H3,(H,28,31). The average Bonchev–Trinajstić information content (AvgIpc) is 2.88. The van der Waals surface area contributed by atoms with E-state index in [2.05, 4.69) is 5.32 Å². The summed E-state index contributed by atoms with van der Waals surface area (Å²) in [5.74, 6) is 0.327. The number of para-hydroxylation sites is 1. The molecule has 1 amide bonds. The smallest absolute Gasteiger partial charge is 0.266 e. The minimum Gasteiger partial charge on any atom is -0.493 e. The van der Waals surface area contributed by atoms with E-state index in [4.69, 9.17) is 14.5 Å². The predicted molar refractivity (Wildman–Crippen MR) is 135 cm³/mol. The second-order valence-electron chi connectivity index (χ2n) is 7.60. The molecule has 0 aliphatic carbocycles. The van der Waals surface area contributed by atoms with Gasteiger partial charge in [0.15, 0.2) is 16.7 Å². The van der Waals surface area contributed by atoms with Crippen LogP contribution in [0, 0.1) is 5.82 Å². The Labute approximate surface area is 205 Å². The molecule has 9 heteroatoms. The van der Waals surface area contributed by atoms with Crippen LogP contribution >= 0.6 is 11.8 Å². The molecule has 0 spiro atoms. The highest BCUT2D eigenvalue weighted by molar-refractivity contribution is 8.00. The van der Waals surface area contributed by atoms with E-state index in [-0.39, 0.29) is 17.3 Å². The third kappa shape index (κ3) is 5.14. The van der Waals surface area contributed by atoms with Gasteiger partial charge in [0.25, 0.3) is 5.56 Å². The van der Waals surface area contributed by atoms with E-state index >= 15 is 0 Å². The van der Waals surface area contributed by atoms with Crippen LogP contribution in [0.4, 0.5) is 10.1 Å². The van der Waals surface area contributed by atoms with Crippen LogP contribution in [0.1, 0.15) is 13.3 Å². The van der Waals surface area contributed by atoms with Gasteiger partial charge in [-0.2, -0.15) is 0 Å². The van der Waals surface area contributed by atoms with Crippen LogP contribution in [0.2, 0.25) is 0 Å². The molecule has 4 rings (SSSR count). The highest BCUT2D eigenvalue weighted by atomic mass is 32.2. The first-order chi connectivity index (χ1) is 16.9. The molecule has 0 saturated heterocycles. The summed E-state index contributed by atoms with van der Waals surface area (Å²) < 4.78 is 25.5. The number of nitrogens with one attached hydrogen (secondary N) is 1. The Balaban J connectivity index is 1.78. The number of thioether (sulfide) groups is 1. The van der Waals surface area contributed by atoms with E-state index < -0.39 is 5.25 Å². The number of hydrogen-bond acceptors (Lipinski definition) is 6. The van der Waals surface area contributed by atoms with Crippen molar-refractivity contribution in [3.05, 3.63) is 82.9 Å². The second-order valence-corrected chi connectivity index (χ2v) is 8.77. The zero-order valence-corrected chi connectivity index (χ0v) is 20.3. The molecule has 1 heterocycles. The van der Waals surface area contributed by atoms with Crippen molar-refractivity contribution < 1.29 is 18.7 Å².